The smallest absolute Gasteiger partial charge is 0.129 e. The van der Waals surface area contributed by atoms with Gasteiger partial charge in [-0.1, -0.05) is 17.7 Å². The van der Waals surface area contributed by atoms with Crippen molar-refractivity contribution in [3.63, 3.8) is 0 Å². The molecular formula is C23H27ClN4O. The SMILES string of the molecule is Clc1cnc(N2CCCCC2)cc1-c1ccc2ncn(CC3CCOCC3)c2c1. The van der Waals surface area contributed by atoms with Crippen LogP contribution in [0.2, 0.25) is 5.02 Å². The van der Waals surface area contributed by atoms with Crippen molar-refractivity contribution in [3.8, 4) is 11.1 Å². The summed E-state index contributed by atoms with van der Waals surface area (Å²) in [6.45, 7) is 4.88. The number of pyridine rings is 1. The summed E-state index contributed by atoms with van der Waals surface area (Å²) in [7, 11) is 0. The fourth-order valence-corrected chi connectivity index (χ4v) is 4.73. The highest BCUT2D eigenvalue weighted by Crippen LogP contribution is 2.33. The van der Waals surface area contributed by atoms with E-state index in [2.05, 4.69) is 43.7 Å². The molecule has 152 valence electrons. The van der Waals surface area contributed by atoms with Crippen LogP contribution in [0.5, 0.6) is 0 Å². The Morgan fingerprint density at radius 1 is 1.03 bits per heavy atom. The first-order valence-electron chi connectivity index (χ1n) is 10.7. The van der Waals surface area contributed by atoms with Gasteiger partial charge < -0.3 is 14.2 Å². The van der Waals surface area contributed by atoms with Gasteiger partial charge in [-0.05, 0) is 61.8 Å². The molecule has 3 aromatic rings. The van der Waals surface area contributed by atoms with Gasteiger partial charge in [0.1, 0.15) is 5.82 Å². The molecule has 0 unspecified atom stereocenters. The van der Waals surface area contributed by atoms with Gasteiger partial charge >= 0.3 is 0 Å². The van der Waals surface area contributed by atoms with E-state index in [1.165, 1.54) is 24.8 Å². The average molecular weight is 411 g/mol. The lowest BCUT2D eigenvalue weighted by atomic mass is 10.00. The number of hydrogen-bond acceptors (Lipinski definition) is 4. The lowest BCUT2D eigenvalue weighted by Gasteiger charge is -2.28. The predicted octanol–water partition coefficient (Wildman–Crippen LogP) is 5.17. The van der Waals surface area contributed by atoms with Crippen molar-refractivity contribution in [2.75, 3.05) is 31.2 Å². The third-order valence-corrected chi connectivity index (χ3v) is 6.55. The van der Waals surface area contributed by atoms with Gasteiger partial charge in [0, 0.05) is 44.6 Å². The van der Waals surface area contributed by atoms with E-state index >= 15 is 0 Å². The highest BCUT2D eigenvalue weighted by Gasteiger charge is 2.17. The zero-order valence-corrected chi connectivity index (χ0v) is 17.4. The summed E-state index contributed by atoms with van der Waals surface area (Å²) in [5.74, 6) is 1.68. The van der Waals surface area contributed by atoms with Crippen molar-refractivity contribution in [1.82, 2.24) is 14.5 Å². The molecule has 0 N–H and O–H groups in total. The number of piperidine rings is 1. The van der Waals surface area contributed by atoms with Gasteiger partial charge in [-0.2, -0.15) is 0 Å². The molecule has 5 rings (SSSR count). The van der Waals surface area contributed by atoms with Crippen LogP contribution in [0.3, 0.4) is 0 Å². The molecule has 6 heteroatoms. The molecule has 2 saturated heterocycles. The van der Waals surface area contributed by atoms with E-state index in [0.717, 1.165) is 68.2 Å². The number of imidazole rings is 1. The Bertz CT molecular complexity index is 990. The Morgan fingerprint density at radius 3 is 2.69 bits per heavy atom. The second kappa shape index (κ2) is 8.33. The van der Waals surface area contributed by atoms with Gasteiger partial charge in [-0.25, -0.2) is 9.97 Å². The van der Waals surface area contributed by atoms with E-state index in [0.29, 0.717) is 10.9 Å². The molecule has 4 heterocycles. The third-order valence-electron chi connectivity index (χ3n) is 6.25. The van der Waals surface area contributed by atoms with Gasteiger partial charge in [0.05, 0.1) is 22.4 Å². The van der Waals surface area contributed by atoms with Gasteiger partial charge in [-0.15, -0.1) is 0 Å². The summed E-state index contributed by atoms with van der Waals surface area (Å²) < 4.78 is 7.80. The van der Waals surface area contributed by atoms with Crippen LogP contribution < -0.4 is 4.90 Å². The predicted molar refractivity (Wildman–Crippen MR) is 118 cm³/mol. The lowest BCUT2D eigenvalue weighted by molar-refractivity contribution is 0.0616. The monoisotopic (exact) mass is 410 g/mol. The molecule has 0 atom stereocenters. The zero-order chi connectivity index (χ0) is 19.6. The standard InChI is InChI=1S/C23H27ClN4O/c24-20-14-25-23(27-8-2-1-3-9-27)13-19(20)18-4-5-21-22(12-18)28(16-26-21)15-17-6-10-29-11-7-17/h4-5,12-14,16-17H,1-3,6-11,15H2. The van der Waals surface area contributed by atoms with Gasteiger partial charge in [0.15, 0.2) is 0 Å². The summed E-state index contributed by atoms with van der Waals surface area (Å²) >= 11 is 6.57. The molecule has 2 aliphatic rings. The number of halogens is 1. The molecule has 2 aromatic heterocycles. The number of anilines is 1. The van der Waals surface area contributed by atoms with Crippen LogP contribution >= 0.6 is 11.6 Å². The summed E-state index contributed by atoms with van der Waals surface area (Å²) in [5, 5.41) is 0.695. The van der Waals surface area contributed by atoms with Crippen LogP contribution in [-0.4, -0.2) is 40.8 Å². The van der Waals surface area contributed by atoms with Crippen LogP contribution in [-0.2, 0) is 11.3 Å². The van der Waals surface area contributed by atoms with E-state index in [-0.39, 0.29) is 0 Å². The summed E-state index contributed by atoms with van der Waals surface area (Å²) in [5.41, 5.74) is 4.36. The second-order valence-electron chi connectivity index (χ2n) is 8.23. The number of hydrogen-bond donors (Lipinski definition) is 0. The Kier molecular flexibility index (Phi) is 5.42. The van der Waals surface area contributed by atoms with Crippen molar-refractivity contribution in [3.05, 3.63) is 41.8 Å². The molecule has 29 heavy (non-hydrogen) atoms. The summed E-state index contributed by atoms with van der Waals surface area (Å²) in [6, 6.07) is 8.59. The first-order chi connectivity index (χ1) is 14.3. The number of aromatic nitrogens is 3. The van der Waals surface area contributed by atoms with Gasteiger partial charge in [0.2, 0.25) is 0 Å². The molecule has 5 nitrogen and oxygen atoms in total. The number of rotatable bonds is 4. The van der Waals surface area contributed by atoms with Crippen LogP contribution in [0.1, 0.15) is 32.1 Å². The minimum absolute atomic E-state index is 0.653. The van der Waals surface area contributed by atoms with E-state index in [1.54, 1.807) is 6.20 Å². The fourth-order valence-electron chi connectivity index (χ4n) is 4.52. The van der Waals surface area contributed by atoms with E-state index < -0.39 is 0 Å². The van der Waals surface area contributed by atoms with Crippen molar-refractivity contribution < 1.29 is 4.74 Å². The molecule has 0 radical (unpaired) electrons. The molecule has 2 fully saturated rings. The number of nitrogens with zero attached hydrogens (tertiary/aromatic N) is 4. The highest BCUT2D eigenvalue weighted by atomic mass is 35.5. The van der Waals surface area contributed by atoms with Crippen LogP contribution in [0.4, 0.5) is 5.82 Å². The van der Waals surface area contributed by atoms with E-state index in [1.807, 2.05) is 6.33 Å². The van der Waals surface area contributed by atoms with E-state index in [9.17, 15) is 0 Å². The zero-order valence-electron chi connectivity index (χ0n) is 16.7. The normalized spacial score (nSPS) is 18.4. The van der Waals surface area contributed by atoms with Crippen molar-refractivity contribution >= 4 is 28.5 Å². The number of ether oxygens (including phenoxy) is 1. The Balaban J connectivity index is 1.47. The maximum Gasteiger partial charge on any atom is 0.129 e. The number of fused-ring (bicyclic) bond motifs is 1. The maximum atomic E-state index is 6.57. The first kappa shape index (κ1) is 18.9. The Hall–Kier alpha value is -2.11. The minimum atomic E-state index is 0.653. The molecule has 1 aromatic carbocycles. The van der Waals surface area contributed by atoms with Crippen LogP contribution in [0.15, 0.2) is 36.8 Å². The van der Waals surface area contributed by atoms with Gasteiger partial charge in [-0.3, -0.25) is 0 Å². The molecule has 0 bridgehead atoms. The molecule has 0 spiro atoms. The third kappa shape index (κ3) is 3.99. The minimum Gasteiger partial charge on any atom is -0.381 e. The fraction of sp³-hybridized carbons (Fsp3) is 0.478. The van der Waals surface area contributed by atoms with Crippen molar-refractivity contribution in [2.24, 2.45) is 5.92 Å². The average Bonchev–Trinajstić information content (AvgIpc) is 3.17. The Labute approximate surface area is 176 Å². The van der Waals surface area contributed by atoms with E-state index in [4.69, 9.17) is 16.3 Å². The van der Waals surface area contributed by atoms with Gasteiger partial charge in [0.25, 0.3) is 0 Å². The molecule has 0 amide bonds. The Morgan fingerprint density at radius 2 is 1.86 bits per heavy atom. The summed E-state index contributed by atoms with van der Waals surface area (Å²) in [6.07, 6.45) is 9.78. The highest BCUT2D eigenvalue weighted by molar-refractivity contribution is 6.33. The number of benzene rings is 1. The second-order valence-corrected chi connectivity index (χ2v) is 8.63. The lowest BCUT2D eigenvalue weighted by Crippen LogP contribution is -2.30. The largest absolute Gasteiger partial charge is 0.381 e. The topological polar surface area (TPSA) is 43.2 Å². The summed E-state index contributed by atoms with van der Waals surface area (Å²) in [4.78, 5) is 11.6. The van der Waals surface area contributed by atoms with Crippen molar-refractivity contribution in [2.45, 2.75) is 38.6 Å². The van der Waals surface area contributed by atoms with Crippen molar-refractivity contribution in [1.29, 1.82) is 0 Å². The molecule has 0 saturated carbocycles. The molecule has 0 aliphatic carbocycles. The first-order valence-corrected chi connectivity index (χ1v) is 11.1. The molecule has 2 aliphatic heterocycles. The van der Waals surface area contributed by atoms with Crippen LogP contribution in [0, 0.1) is 5.92 Å². The maximum absolute atomic E-state index is 6.57. The quantitative estimate of drug-likeness (QED) is 0.595. The molecular weight excluding hydrogens is 384 g/mol. The van der Waals surface area contributed by atoms with Crippen LogP contribution in [0.25, 0.3) is 22.2 Å².